The second-order valence-corrected chi connectivity index (χ2v) is 8.36. The van der Waals surface area contributed by atoms with Crippen LogP contribution in [0.5, 0.6) is 0 Å². The van der Waals surface area contributed by atoms with E-state index < -0.39 is 0 Å². The normalized spacial score (nSPS) is 15.9. The van der Waals surface area contributed by atoms with Crippen LogP contribution in [0.1, 0.15) is 105 Å². The Bertz CT molecular complexity index is 265. The molecule has 0 aliphatic rings. The number of unbranched alkanes of at least 4 members (excludes halogenated alkanes) is 8. The number of hydrogen-bond acceptors (Lipinski definition) is 2. The lowest BCUT2D eigenvalue weighted by Crippen LogP contribution is -2.44. The van der Waals surface area contributed by atoms with Crippen LogP contribution in [0.2, 0.25) is 0 Å². The Labute approximate surface area is 154 Å². The maximum absolute atomic E-state index is 5.53. The SMILES string of the molecule is CCC(C)C(CCCCCCCCCCCN)N(C)C(C)C(C)C. The van der Waals surface area contributed by atoms with E-state index in [-0.39, 0.29) is 0 Å². The molecule has 0 aliphatic heterocycles. The largest absolute Gasteiger partial charge is 0.330 e. The molecule has 0 rings (SSSR count). The van der Waals surface area contributed by atoms with Gasteiger partial charge >= 0.3 is 0 Å². The molecule has 3 atom stereocenters. The molecule has 146 valence electrons. The van der Waals surface area contributed by atoms with Crippen LogP contribution in [0.25, 0.3) is 0 Å². The summed E-state index contributed by atoms with van der Waals surface area (Å²) in [5.74, 6) is 1.54. The minimum absolute atomic E-state index is 0.678. The molecule has 0 aromatic rings. The molecule has 24 heavy (non-hydrogen) atoms. The van der Waals surface area contributed by atoms with Crippen LogP contribution in [0.4, 0.5) is 0 Å². The van der Waals surface area contributed by atoms with Gasteiger partial charge in [-0.1, -0.05) is 85.5 Å². The third-order valence-corrected chi connectivity index (χ3v) is 6.14. The molecule has 2 N–H and O–H groups in total. The first-order valence-electron chi connectivity index (χ1n) is 10.9. The van der Waals surface area contributed by atoms with Crippen molar-refractivity contribution in [1.82, 2.24) is 4.90 Å². The Balaban J connectivity index is 3.91. The summed E-state index contributed by atoms with van der Waals surface area (Å²) in [4.78, 5) is 2.66. The zero-order valence-electron chi connectivity index (χ0n) is 17.8. The van der Waals surface area contributed by atoms with Gasteiger partial charge in [0, 0.05) is 12.1 Å². The van der Waals surface area contributed by atoms with Crippen molar-refractivity contribution in [2.75, 3.05) is 13.6 Å². The van der Waals surface area contributed by atoms with Crippen LogP contribution in [0.3, 0.4) is 0 Å². The number of nitrogens with two attached hydrogens (primary N) is 1. The quantitative estimate of drug-likeness (QED) is 0.337. The highest BCUT2D eigenvalue weighted by molar-refractivity contribution is 4.79. The molecule has 0 spiro atoms. The number of hydrogen-bond donors (Lipinski definition) is 1. The molecule has 0 amide bonds. The van der Waals surface area contributed by atoms with Gasteiger partial charge in [-0.05, 0) is 45.2 Å². The van der Waals surface area contributed by atoms with Crippen molar-refractivity contribution in [3.8, 4) is 0 Å². The average Bonchev–Trinajstić information content (AvgIpc) is 2.57. The molecule has 0 bridgehead atoms. The van der Waals surface area contributed by atoms with Gasteiger partial charge in [0.15, 0.2) is 0 Å². The van der Waals surface area contributed by atoms with Crippen LogP contribution in [0.15, 0.2) is 0 Å². The fourth-order valence-electron chi connectivity index (χ4n) is 3.67. The first-order chi connectivity index (χ1) is 11.5. The van der Waals surface area contributed by atoms with Crippen molar-refractivity contribution in [2.24, 2.45) is 17.6 Å². The van der Waals surface area contributed by atoms with E-state index in [9.17, 15) is 0 Å². The Hall–Kier alpha value is -0.0800. The van der Waals surface area contributed by atoms with Crippen LogP contribution >= 0.6 is 0 Å². The molecule has 0 saturated heterocycles. The van der Waals surface area contributed by atoms with Crippen LogP contribution in [0, 0.1) is 11.8 Å². The smallest absolute Gasteiger partial charge is 0.0121 e. The Morgan fingerprint density at radius 3 is 1.62 bits per heavy atom. The Kier molecular flexibility index (Phi) is 15.1. The highest BCUT2D eigenvalue weighted by atomic mass is 15.2. The van der Waals surface area contributed by atoms with Crippen molar-refractivity contribution in [1.29, 1.82) is 0 Å². The van der Waals surface area contributed by atoms with Crippen molar-refractivity contribution in [2.45, 2.75) is 117 Å². The first-order valence-corrected chi connectivity index (χ1v) is 10.9. The fraction of sp³-hybridized carbons (Fsp3) is 1.00. The summed E-state index contributed by atoms with van der Waals surface area (Å²) in [5.41, 5.74) is 5.53. The van der Waals surface area contributed by atoms with Crippen molar-refractivity contribution < 1.29 is 0 Å². The highest BCUT2D eigenvalue weighted by Crippen LogP contribution is 2.24. The lowest BCUT2D eigenvalue weighted by atomic mass is 9.90. The van der Waals surface area contributed by atoms with Crippen LogP contribution < -0.4 is 5.73 Å². The second-order valence-electron chi connectivity index (χ2n) is 8.36. The lowest BCUT2D eigenvalue weighted by molar-refractivity contribution is 0.0999. The van der Waals surface area contributed by atoms with Gasteiger partial charge in [0.2, 0.25) is 0 Å². The number of nitrogens with zero attached hydrogens (tertiary/aromatic N) is 1. The van der Waals surface area contributed by atoms with E-state index in [0.29, 0.717) is 6.04 Å². The van der Waals surface area contributed by atoms with Gasteiger partial charge < -0.3 is 10.6 Å². The van der Waals surface area contributed by atoms with Crippen molar-refractivity contribution >= 4 is 0 Å². The summed E-state index contributed by atoms with van der Waals surface area (Å²) in [6, 6.07) is 1.43. The van der Waals surface area contributed by atoms with Crippen molar-refractivity contribution in [3.05, 3.63) is 0 Å². The predicted molar refractivity (Wildman–Crippen MR) is 111 cm³/mol. The summed E-state index contributed by atoms with van der Waals surface area (Å²) in [6.07, 6.45) is 15.1. The topological polar surface area (TPSA) is 29.3 Å². The minimum Gasteiger partial charge on any atom is -0.330 e. The molecule has 0 aromatic carbocycles. The molecule has 0 heterocycles. The van der Waals surface area contributed by atoms with Gasteiger partial charge in [0.25, 0.3) is 0 Å². The fourth-order valence-corrected chi connectivity index (χ4v) is 3.67. The molecule has 0 fully saturated rings. The van der Waals surface area contributed by atoms with Gasteiger partial charge in [-0.2, -0.15) is 0 Å². The zero-order chi connectivity index (χ0) is 18.4. The lowest BCUT2D eigenvalue weighted by Gasteiger charge is -2.38. The third kappa shape index (κ3) is 10.7. The first kappa shape index (κ1) is 23.9. The Morgan fingerprint density at radius 2 is 1.21 bits per heavy atom. The van der Waals surface area contributed by atoms with E-state index >= 15 is 0 Å². The summed E-state index contributed by atoms with van der Waals surface area (Å²) in [6.45, 7) is 12.7. The summed E-state index contributed by atoms with van der Waals surface area (Å²) in [7, 11) is 2.35. The predicted octanol–water partition coefficient (Wildman–Crippen LogP) is 6.24. The molecule has 3 unspecified atom stereocenters. The van der Waals surface area contributed by atoms with E-state index in [0.717, 1.165) is 24.4 Å². The summed E-state index contributed by atoms with van der Waals surface area (Å²) >= 11 is 0. The van der Waals surface area contributed by atoms with E-state index in [4.69, 9.17) is 5.73 Å². The zero-order valence-corrected chi connectivity index (χ0v) is 17.8. The molecule has 0 saturated carbocycles. The molecular weight excluding hydrogens is 292 g/mol. The minimum atomic E-state index is 0.678. The molecule has 0 aliphatic carbocycles. The molecular formula is C22H48N2. The average molecular weight is 341 g/mol. The maximum atomic E-state index is 5.53. The van der Waals surface area contributed by atoms with E-state index in [2.05, 4.69) is 46.6 Å². The highest BCUT2D eigenvalue weighted by Gasteiger charge is 2.25. The Morgan fingerprint density at radius 1 is 0.750 bits per heavy atom. The van der Waals surface area contributed by atoms with Gasteiger partial charge in [0.1, 0.15) is 0 Å². The summed E-state index contributed by atoms with van der Waals surface area (Å²) < 4.78 is 0. The molecule has 0 aromatic heterocycles. The molecule has 2 nitrogen and oxygen atoms in total. The third-order valence-electron chi connectivity index (χ3n) is 6.14. The summed E-state index contributed by atoms with van der Waals surface area (Å²) in [5, 5.41) is 0. The van der Waals surface area contributed by atoms with E-state index in [1.54, 1.807) is 0 Å². The number of rotatable bonds is 16. The van der Waals surface area contributed by atoms with Gasteiger partial charge in [-0.3, -0.25) is 0 Å². The standard InChI is InChI=1S/C22H48N2/c1-7-20(4)22(24(6)21(5)19(2)3)17-15-13-11-9-8-10-12-14-16-18-23/h19-22H,7-18,23H2,1-6H3. The maximum Gasteiger partial charge on any atom is 0.0121 e. The molecule has 0 radical (unpaired) electrons. The van der Waals surface area contributed by atoms with Crippen LogP contribution in [-0.4, -0.2) is 30.6 Å². The second kappa shape index (κ2) is 15.2. The molecule has 2 heteroatoms. The van der Waals surface area contributed by atoms with Crippen LogP contribution in [-0.2, 0) is 0 Å². The van der Waals surface area contributed by atoms with Gasteiger partial charge in [-0.15, -0.1) is 0 Å². The monoisotopic (exact) mass is 340 g/mol. The van der Waals surface area contributed by atoms with Crippen molar-refractivity contribution in [3.63, 3.8) is 0 Å². The van der Waals surface area contributed by atoms with Gasteiger partial charge in [-0.25, -0.2) is 0 Å². The van der Waals surface area contributed by atoms with Gasteiger partial charge in [0.05, 0.1) is 0 Å². The van der Waals surface area contributed by atoms with E-state index in [1.807, 2.05) is 0 Å². The van der Waals surface area contributed by atoms with E-state index in [1.165, 1.54) is 70.6 Å².